The number of hydrogen-bond acceptors (Lipinski definition) is 14. The zero-order valence-electron chi connectivity index (χ0n) is 43.8. The summed E-state index contributed by atoms with van der Waals surface area (Å²) in [5, 5.41) is 8.47. The number of aromatic nitrogens is 4. The summed E-state index contributed by atoms with van der Waals surface area (Å²) in [6.45, 7) is 3.69. The van der Waals surface area contributed by atoms with Crippen LogP contribution in [0.4, 0.5) is 33.3 Å². The number of carbonyl (C=O) groups is 2. The Bertz CT molecular complexity index is 4880. The van der Waals surface area contributed by atoms with Crippen molar-refractivity contribution >= 4 is 141 Å². The Hall–Kier alpha value is -7.98. The fourth-order valence-corrected chi connectivity index (χ4v) is 15.8. The first-order valence-electron chi connectivity index (χ1n) is 24.9. The van der Waals surface area contributed by atoms with Gasteiger partial charge in [0.15, 0.2) is 0 Å². The molecule has 0 aliphatic heterocycles. The summed E-state index contributed by atoms with van der Waals surface area (Å²) < 4.78 is 138. The van der Waals surface area contributed by atoms with Gasteiger partial charge in [0.2, 0.25) is 0 Å². The smallest absolute Gasteiger partial charge is 0.322 e. The molecule has 0 atom stereocenters. The maximum absolute atomic E-state index is 13.9. The van der Waals surface area contributed by atoms with Gasteiger partial charge in [0, 0.05) is 62.3 Å². The minimum Gasteiger partial charge on any atom is -0.322 e. The van der Waals surface area contributed by atoms with Gasteiger partial charge in [0.1, 0.15) is 29.8 Å². The lowest BCUT2D eigenvalue weighted by molar-refractivity contribution is -0.137. The van der Waals surface area contributed by atoms with Crippen LogP contribution in [0.15, 0.2) is 161 Å². The van der Waals surface area contributed by atoms with Crippen LogP contribution in [-0.2, 0) is 32.3 Å². The van der Waals surface area contributed by atoms with Crippen molar-refractivity contribution in [3.05, 3.63) is 190 Å². The SMILES string of the molecule is Cc1ccc2nc(-c3ccc4nc(-c5ccc(NC(=O)c6cc(C(C)(F)F)cc(C(F)(F)F)c6)cc5)sc4c3)sc2c1S(=O)(=O)O.Cc1ccc2nc(-c3ccc4nc(-c5ccc(NC(=O)c6cccc(Cl)c6)cc5)sc4c3)sc2c1S(=O)(=O)O. The van der Waals surface area contributed by atoms with Gasteiger partial charge in [0.25, 0.3) is 38.0 Å². The van der Waals surface area contributed by atoms with E-state index in [9.17, 15) is 57.5 Å². The highest BCUT2D eigenvalue weighted by Crippen LogP contribution is 2.42. The second-order valence-electron chi connectivity index (χ2n) is 19.3. The van der Waals surface area contributed by atoms with Crippen LogP contribution in [0.2, 0.25) is 5.02 Å². The molecule has 0 spiro atoms. The Morgan fingerprint density at radius 3 is 1.31 bits per heavy atom. The van der Waals surface area contributed by atoms with Crippen LogP contribution in [0.5, 0.6) is 0 Å². The molecule has 0 unspecified atom stereocenters. The summed E-state index contributed by atoms with van der Waals surface area (Å²) >= 11 is 11.2. The standard InChI is InChI=1S/C31H20F5N3O4S3.C28H18ClN3O4S3/c1-15-3-9-23-25(26(15)46(41,42)43)45-29(39-23)17-6-10-22-24(13-17)44-28(38-22)16-4-7-21(8-5-16)37-27(40)18-11-19(30(2,32)33)14-20(12-18)31(34,35)36;1-15-5-11-22-24(25(15)39(34,35)36)38-28(32-22)18-8-12-21-23(14-18)37-27(31-21)16-6-9-20(10-7-16)30-26(33)17-3-2-4-19(29)13-17/h3-14H,1-2H3,(H,37,40)(H,41,42,43);2-14H,1H3,(H,30,33)(H,34,35,36). The largest absolute Gasteiger partial charge is 0.416 e. The number of thiazole rings is 4. The molecule has 12 aromatic rings. The van der Waals surface area contributed by atoms with Crippen molar-refractivity contribution in [3.8, 4) is 42.3 Å². The van der Waals surface area contributed by atoms with E-state index >= 15 is 0 Å². The third-order valence-corrected chi connectivity index (χ3v) is 20.1. The molecular weight excluding hydrogens is 1240 g/mol. The van der Waals surface area contributed by atoms with Crippen molar-refractivity contribution in [2.24, 2.45) is 0 Å². The Labute approximate surface area is 500 Å². The van der Waals surface area contributed by atoms with Crippen LogP contribution in [0, 0.1) is 13.8 Å². The number of anilines is 2. The van der Waals surface area contributed by atoms with Crippen molar-refractivity contribution in [2.75, 3.05) is 10.6 Å². The number of hydrogen-bond donors (Lipinski definition) is 4. The summed E-state index contributed by atoms with van der Waals surface area (Å²) in [4.78, 5) is 43.6. The van der Waals surface area contributed by atoms with E-state index < -0.39 is 54.9 Å². The second-order valence-corrected chi connectivity index (χ2v) is 26.5. The molecule has 0 bridgehead atoms. The van der Waals surface area contributed by atoms with Gasteiger partial charge in [-0.2, -0.15) is 30.0 Å². The first-order chi connectivity index (χ1) is 40.1. The molecule has 0 fully saturated rings. The lowest BCUT2D eigenvalue weighted by Crippen LogP contribution is -2.17. The Morgan fingerprint density at radius 2 is 0.882 bits per heavy atom. The molecule has 4 heterocycles. The van der Waals surface area contributed by atoms with Crippen molar-refractivity contribution < 1.29 is 57.5 Å². The van der Waals surface area contributed by atoms with E-state index in [1.807, 2.05) is 48.5 Å². The number of benzene rings is 8. The minimum atomic E-state index is -4.92. The molecule has 26 heteroatoms. The molecule has 0 saturated carbocycles. The number of aryl methyl sites for hydroxylation is 2. The third kappa shape index (κ3) is 12.6. The van der Waals surface area contributed by atoms with Gasteiger partial charge in [0.05, 0.1) is 46.4 Å². The van der Waals surface area contributed by atoms with Gasteiger partial charge in [-0.15, -0.1) is 45.3 Å². The minimum absolute atomic E-state index is 0.0999. The van der Waals surface area contributed by atoms with Crippen LogP contribution in [0.3, 0.4) is 0 Å². The van der Waals surface area contributed by atoms with E-state index in [0.29, 0.717) is 93.0 Å². The summed E-state index contributed by atoms with van der Waals surface area (Å²) in [6, 6.07) is 40.1. The van der Waals surface area contributed by atoms with Crippen LogP contribution < -0.4 is 10.6 Å². The van der Waals surface area contributed by atoms with Crippen molar-refractivity contribution in [1.82, 2.24) is 19.9 Å². The summed E-state index contributed by atoms with van der Waals surface area (Å²) in [5.41, 5.74) is 5.00. The molecular formula is C59H38ClF5N6O8S6. The third-order valence-electron chi connectivity index (χ3n) is 13.1. The number of nitrogens with zero attached hydrogens (tertiary/aromatic N) is 4. The zero-order valence-corrected chi connectivity index (χ0v) is 49.4. The van der Waals surface area contributed by atoms with Gasteiger partial charge < -0.3 is 10.6 Å². The first-order valence-corrected chi connectivity index (χ1v) is 31.4. The number of rotatable bonds is 11. The van der Waals surface area contributed by atoms with E-state index in [1.165, 1.54) is 46.1 Å². The molecule has 4 N–H and O–H groups in total. The van der Waals surface area contributed by atoms with Gasteiger partial charge >= 0.3 is 6.18 Å². The zero-order chi connectivity index (χ0) is 60.5. The van der Waals surface area contributed by atoms with Crippen LogP contribution in [-0.4, -0.2) is 57.7 Å². The highest BCUT2D eigenvalue weighted by Gasteiger charge is 2.35. The molecule has 0 aliphatic carbocycles. The monoisotopic (exact) mass is 1280 g/mol. The molecule has 14 nitrogen and oxygen atoms in total. The summed E-state index contributed by atoms with van der Waals surface area (Å²) in [5.74, 6) is -4.81. The van der Waals surface area contributed by atoms with Crippen molar-refractivity contribution in [2.45, 2.75) is 42.7 Å². The summed E-state index contributed by atoms with van der Waals surface area (Å²) in [7, 11) is -8.84. The number of nitrogens with one attached hydrogen (secondary N) is 2. The van der Waals surface area contributed by atoms with Gasteiger partial charge in [-0.25, -0.2) is 28.7 Å². The number of carbonyl (C=O) groups excluding carboxylic acids is 2. The topological polar surface area (TPSA) is 218 Å². The normalized spacial score (nSPS) is 12.2. The average Bonchev–Trinajstić information content (AvgIpc) is 4.48. The first kappa shape index (κ1) is 58.8. The predicted octanol–water partition coefficient (Wildman–Crippen LogP) is 16.9. The second kappa shape index (κ2) is 22.5. The highest BCUT2D eigenvalue weighted by molar-refractivity contribution is 7.86. The predicted molar refractivity (Wildman–Crippen MR) is 325 cm³/mol. The molecule has 0 aliphatic rings. The Morgan fingerprint density at radius 1 is 0.482 bits per heavy atom. The highest BCUT2D eigenvalue weighted by atomic mass is 35.5. The fourth-order valence-electron chi connectivity index (χ4n) is 8.99. The molecule has 12 rings (SSSR count). The maximum Gasteiger partial charge on any atom is 0.416 e. The van der Waals surface area contributed by atoms with Gasteiger partial charge in [-0.1, -0.05) is 29.8 Å². The van der Waals surface area contributed by atoms with E-state index in [0.717, 1.165) is 54.0 Å². The molecule has 0 radical (unpaired) electrons. The lowest BCUT2D eigenvalue weighted by atomic mass is 10.0. The quantitative estimate of drug-likeness (QED) is 0.0702. The molecule has 85 heavy (non-hydrogen) atoms. The Balaban J connectivity index is 0.000000179. The number of amides is 2. The van der Waals surface area contributed by atoms with Gasteiger partial charge in [-0.05, 0) is 158 Å². The van der Waals surface area contributed by atoms with E-state index in [1.54, 1.807) is 86.6 Å². The van der Waals surface area contributed by atoms with E-state index in [-0.39, 0.29) is 21.4 Å². The number of halogens is 6. The van der Waals surface area contributed by atoms with E-state index in [4.69, 9.17) is 16.6 Å². The number of fused-ring (bicyclic) bond motifs is 4. The fraction of sp³-hybridized carbons (Fsp3) is 0.0847. The summed E-state index contributed by atoms with van der Waals surface area (Å²) in [6.07, 6.45) is -4.92. The van der Waals surface area contributed by atoms with Crippen LogP contribution >= 0.6 is 56.9 Å². The molecule has 4 aromatic heterocycles. The average molecular weight is 1280 g/mol. The molecule has 2 amide bonds. The van der Waals surface area contributed by atoms with Crippen molar-refractivity contribution in [1.29, 1.82) is 0 Å². The molecule has 430 valence electrons. The van der Waals surface area contributed by atoms with Gasteiger partial charge in [-0.3, -0.25) is 18.7 Å². The lowest BCUT2D eigenvalue weighted by Gasteiger charge is -2.16. The number of alkyl halides is 5. The van der Waals surface area contributed by atoms with Crippen LogP contribution in [0.1, 0.15) is 49.9 Å². The van der Waals surface area contributed by atoms with Crippen molar-refractivity contribution in [3.63, 3.8) is 0 Å². The Kier molecular flexibility index (Phi) is 15.5. The van der Waals surface area contributed by atoms with Crippen LogP contribution in [0.25, 0.3) is 83.2 Å². The molecule has 8 aromatic carbocycles. The maximum atomic E-state index is 13.9. The molecule has 0 saturated heterocycles. The van der Waals surface area contributed by atoms with E-state index in [2.05, 4.69) is 25.6 Å².